The maximum Gasteiger partial charge on any atom is 0.251 e. The summed E-state index contributed by atoms with van der Waals surface area (Å²) in [6.07, 6.45) is 2.72. The number of fused-ring (bicyclic) bond motifs is 1. The second kappa shape index (κ2) is 6.74. The fourth-order valence-corrected chi connectivity index (χ4v) is 4.36. The summed E-state index contributed by atoms with van der Waals surface area (Å²) in [6.45, 7) is 3.44. The molecule has 1 amide bonds. The van der Waals surface area contributed by atoms with Crippen LogP contribution in [0, 0.1) is 13.8 Å². The lowest BCUT2D eigenvalue weighted by molar-refractivity contribution is 0.0932. The average Bonchev–Trinajstić information content (AvgIpc) is 2.56. The molecule has 1 unspecified atom stereocenters. The van der Waals surface area contributed by atoms with Gasteiger partial charge in [0.05, 0.1) is 10.9 Å². The Morgan fingerprint density at radius 2 is 1.92 bits per heavy atom. The molecule has 1 aliphatic carbocycles. The first-order valence-electron chi connectivity index (χ1n) is 8.50. The third-order valence-corrected chi connectivity index (χ3v) is 6.01. The van der Waals surface area contributed by atoms with Crippen LogP contribution in [0.3, 0.4) is 0 Å². The van der Waals surface area contributed by atoms with Gasteiger partial charge >= 0.3 is 0 Å². The van der Waals surface area contributed by atoms with E-state index >= 15 is 0 Å². The van der Waals surface area contributed by atoms with Gasteiger partial charge < -0.3 is 11.1 Å². The Balaban J connectivity index is 1.92. The minimum Gasteiger partial charge on any atom is -0.399 e. The summed E-state index contributed by atoms with van der Waals surface area (Å²) in [5.74, 6) is -0.312. The van der Waals surface area contributed by atoms with Crippen molar-refractivity contribution in [1.29, 1.82) is 0 Å². The second-order valence-electron chi connectivity index (χ2n) is 6.84. The molecule has 0 fully saturated rings. The van der Waals surface area contributed by atoms with E-state index in [1.807, 2.05) is 18.2 Å². The predicted molar refractivity (Wildman–Crippen MR) is 101 cm³/mol. The molecule has 26 heavy (non-hydrogen) atoms. The fraction of sp³-hybridized carbons (Fsp3) is 0.316. The lowest BCUT2D eigenvalue weighted by Gasteiger charge is -2.27. The van der Waals surface area contributed by atoms with E-state index in [9.17, 15) is 13.2 Å². The number of nitrogens with one attached hydrogen (secondary N) is 1. The van der Waals surface area contributed by atoms with Crippen molar-refractivity contribution in [2.75, 3.05) is 5.73 Å². The molecule has 3 rings (SSSR count). The van der Waals surface area contributed by atoms with Crippen LogP contribution >= 0.6 is 0 Å². The van der Waals surface area contributed by atoms with Gasteiger partial charge in [-0.25, -0.2) is 13.6 Å². The van der Waals surface area contributed by atoms with Gasteiger partial charge in [0.15, 0.2) is 0 Å². The molecule has 5 N–H and O–H groups in total. The highest BCUT2D eigenvalue weighted by Crippen LogP contribution is 2.31. The molecule has 138 valence electrons. The Kier molecular flexibility index (Phi) is 4.77. The SMILES string of the molecule is Cc1cc(C(=O)NC2CCCc3cc(N)ccc32)cc(S(N)(=O)=O)c1C. The summed E-state index contributed by atoms with van der Waals surface area (Å²) in [5, 5.41) is 8.31. The van der Waals surface area contributed by atoms with E-state index in [0.717, 1.165) is 30.4 Å². The highest BCUT2D eigenvalue weighted by Gasteiger charge is 2.24. The third kappa shape index (κ3) is 3.59. The monoisotopic (exact) mass is 373 g/mol. The van der Waals surface area contributed by atoms with Crippen molar-refractivity contribution in [3.8, 4) is 0 Å². The van der Waals surface area contributed by atoms with Gasteiger partial charge in [-0.05, 0) is 79.6 Å². The van der Waals surface area contributed by atoms with Crippen molar-refractivity contribution in [3.63, 3.8) is 0 Å². The molecule has 2 aromatic rings. The number of primary sulfonamides is 1. The van der Waals surface area contributed by atoms with Crippen LogP contribution in [0.25, 0.3) is 0 Å². The van der Waals surface area contributed by atoms with Crippen LogP contribution in [0.5, 0.6) is 0 Å². The predicted octanol–water partition coefficient (Wildman–Crippen LogP) is 2.34. The number of aryl methyl sites for hydroxylation is 2. The average molecular weight is 373 g/mol. The van der Waals surface area contributed by atoms with E-state index < -0.39 is 10.0 Å². The number of hydrogen-bond donors (Lipinski definition) is 3. The Labute approximate surface area is 153 Å². The minimum absolute atomic E-state index is 0.0144. The molecule has 0 radical (unpaired) electrons. The van der Waals surface area contributed by atoms with Crippen molar-refractivity contribution in [1.82, 2.24) is 5.32 Å². The van der Waals surface area contributed by atoms with Gasteiger partial charge in [-0.3, -0.25) is 4.79 Å². The number of amides is 1. The zero-order valence-corrected chi connectivity index (χ0v) is 15.7. The first kappa shape index (κ1) is 18.4. The molecule has 0 aromatic heterocycles. The summed E-state index contributed by atoms with van der Waals surface area (Å²) in [5.41, 5.74) is 10.3. The van der Waals surface area contributed by atoms with Crippen molar-refractivity contribution < 1.29 is 13.2 Å². The summed E-state index contributed by atoms with van der Waals surface area (Å²) in [7, 11) is -3.89. The molecular weight excluding hydrogens is 350 g/mol. The lowest BCUT2D eigenvalue weighted by Crippen LogP contribution is -2.31. The number of anilines is 1. The van der Waals surface area contributed by atoms with Gasteiger partial charge in [-0.1, -0.05) is 6.07 Å². The summed E-state index contributed by atoms with van der Waals surface area (Å²) >= 11 is 0. The van der Waals surface area contributed by atoms with E-state index in [-0.39, 0.29) is 16.8 Å². The first-order chi connectivity index (χ1) is 12.2. The number of nitrogens with two attached hydrogens (primary N) is 2. The van der Waals surface area contributed by atoms with E-state index in [1.54, 1.807) is 19.9 Å². The number of carbonyl (C=O) groups excluding carboxylic acids is 1. The maximum atomic E-state index is 12.8. The summed E-state index contributed by atoms with van der Waals surface area (Å²) in [4.78, 5) is 12.7. The van der Waals surface area contributed by atoms with Gasteiger partial charge in [0.2, 0.25) is 10.0 Å². The van der Waals surface area contributed by atoms with Gasteiger partial charge in [-0.15, -0.1) is 0 Å². The van der Waals surface area contributed by atoms with E-state index in [2.05, 4.69) is 5.32 Å². The van der Waals surface area contributed by atoms with Crippen molar-refractivity contribution in [3.05, 3.63) is 58.1 Å². The molecule has 0 heterocycles. The van der Waals surface area contributed by atoms with Gasteiger partial charge in [-0.2, -0.15) is 0 Å². The lowest BCUT2D eigenvalue weighted by atomic mass is 9.87. The molecule has 0 aliphatic heterocycles. The number of hydrogen-bond acceptors (Lipinski definition) is 4. The van der Waals surface area contributed by atoms with Gasteiger partial charge in [0.25, 0.3) is 5.91 Å². The number of sulfonamides is 1. The van der Waals surface area contributed by atoms with Crippen molar-refractivity contribution in [2.24, 2.45) is 5.14 Å². The minimum atomic E-state index is -3.89. The van der Waals surface area contributed by atoms with Crippen LogP contribution in [0.2, 0.25) is 0 Å². The van der Waals surface area contributed by atoms with E-state index in [0.29, 0.717) is 22.4 Å². The molecule has 0 saturated heterocycles. The molecule has 0 saturated carbocycles. The van der Waals surface area contributed by atoms with Crippen LogP contribution in [0.1, 0.15) is 51.5 Å². The molecule has 1 atom stereocenters. The van der Waals surface area contributed by atoms with Crippen LogP contribution in [0.15, 0.2) is 35.2 Å². The van der Waals surface area contributed by atoms with Crippen LogP contribution in [0.4, 0.5) is 5.69 Å². The van der Waals surface area contributed by atoms with Crippen molar-refractivity contribution in [2.45, 2.75) is 44.0 Å². The van der Waals surface area contributed by atoms with E-state index in [4.69, 9.17) is 10.9 Å². The smallest absolute Gasteiger partial charge is 0.251 e. The molecule has 0 bridgehead atoms. The normalized spacial score (nSPS) is 16.8. The molecule has 7 heteroatoms. The first-order valence-corrected chi connectivity index (χ1v) is 10.0. The third-order valence-electron chi connectivity index (χ3n) is 4.98. The standard InChI is InChI=1S/C19H23N3O3S/c1-11-8-14(10-18(12(11)2)26(21,24)25)19(23)22-17-5-3-4-13-9-15(20)6-7-16(13)17/h6-10,17H,3-5,20H2,1-2H3,(H,22,23)(H2,21,24,25). The summed E-state index contributed by atoms with van der Waals surface area (Å²) in [6, 6.07) is 8.64. The summed E-state index contributed by atoms with van der Waals surface area (Å²) < 4.78 is 23.6. The topological polar surface area (TPSA) is 115 Å². The highest BCUT2D eigenvalue weighted by atomic mass is 32.2. The zero-order valence-electron chi connectivity index (χ0n) is 14.9. The molecule has 2 aromatic carbocycles. The molecule has 6 nitrogen and oxygen atoms in total. The number of nitrogen functional groups attached to an aromatic ring is 1. The van der Waals surface area contributed by atoms with Crippen LogP contribution in [-0.2, 0) is 16.4 Å². The zero-order chi connectivity index (χ0) is 19.1. The molecule has 1 aliphatic rings. The molecule has 0 spiro atoms. The number of rotatable bonds is 3. The second-order valence-corrected chi connectivity index (χ2v) is 8.37. The molecular formula is C19H23N3O3S. The van der Waals surface area contributed by atoms with E-state index in [1.165, 1.54) is 6.07 Å². The number of benzene rings is 2. The Morgan fingerprint density at radius 3 is 2.62 bits per heavy atom. The van der Waals surface area contributed by atoms with Crippen LogP contribution < -0.4 is 16.2 Å². The quantitative estimate of drug-likeness (QED) is 0.716. The Hall–Kier alpha value is -2.38. The Morgan fingerprint density at radius 1 is 1.19 bits per heavy atom. The maximum absolute atomic E-state index is 12.8. The van der Waals surface area contributed by atoms with Crippen LogP contribution in [-0.4, -0.2) is 14.3 Å². The highest BCUT2D eigenvalue weighted by molar-refractivity contribution is 7.89. The number of carbonyl (C=O) groups is 1. The van der Waals surface area contributed by atoms with Gasteiger partial charge in [0, 0.05) is 11.3 Å². The van der Waals surface area contributed by atoms with Gasteiger partial charge in [0.1, 0.15) is 0 Å². The largest absolute Gasteiger partial charge is 0.399 e. The Bertz CT molecular complexity index is 984. The van der Waals surface area contributed by atoms with Crippen molar-refractivity contribution >= 4 is 21.6 Å². The fourth-order valence-electron chi connectivity index (χ4n) is 3.48.